The predicted octanol–water partition coefficient (Wildman–Crippen LogP) is 5.72. The van der Waals surface area contributed by atoms with Crippen LogP contribution < -0.4 is 5.32 Å². The molecule has 0 aliphatic heterocycles. The van der Waals surface area contributed by atoms with Gasteiger partial charge in [-0.2, -0.15) is 0 Å². The van der Waals surface area contributed by atoms with E-state index in [1.807, 2.05) is 24.0 Å². The van der Waals surface area contributed by atoms with E-state index in [9.17, 15) is 9.18 Å². The number of aryl methyl sites for hydroxylation is 1. The van der Waals surface area contributed by atoms with Crippen LogP contribution in [0.2, 0.25) is 0 Å². The normalized spacial score (nSPS) is 13.5. The van der Waals surface area contributed by atoms with Crippen molar-refractivity contribution >= 4 is 11.6 Å². The molecule has 0 bridgehead atoms. The number of anilines is 1. The molecule has 1 amide bonds. The van der Waals surface area contributed by atoms with Gasteiger partial charge in [0.2, 0.25) is 0 Å². The molecule has 4 nitrogen and oxygen atoms in total. The molecule has 166 valence electrons. The molecule has 0 saturated heterocycles. The van der Waals surface area contributed by atoms with Crippen LogP contribution in [0.25, 0.3) is 0 Å². The average molecular weight is 432 g/mol. The fourth-order valence-corrected chi connectivity index (χ4v) is 4.10. The van der Waals surface area contributed by atoms with Gasteiger partial charge in [-0.25, -0.2) is 9.37 Å². The standard InChI is InChI=1S/C27H30FN3O/c1-19-6-15-25(29-2)26(30-19)27(32)31(17-16-20-9-13-24(28)14-10-20)18-21-7-11-23(12-8-21)22-4-3-5-22/h6-15,22,29H,3-5,16-18H2,1-2H3. The predicted molar refractivity (Wildman–Crippen MR) is 126 cm³/mol. The zero-order valence-electron chi connectivity index (χ0n) is 18.8. The van der Waals surface area contributed by atoms with E-state index >= 15 is 0 Å². The topological polar surface area (TPSA) is 45.2 Å². The number of pyridine rings is 1. The van der Waals surface area contributed by atoms with Gasteiger partial charge in [-0.05, 0) is 73.1 Å². The van der Waals surface area contributed by atoms with Crippen LogP contribution in [0.15, 0.2) is 60.7 Å². The van der Waals surface area contributed by atoms with Gasteiger partial charge in [-0.3, -0.25) is 4.79 Å². The van der Waals surface area contributed by atoms with E-state index in [1.54, 1.807) is 19.2 Å². The van der Waals surface area contributed by atoms with Gasteiger partial charge in [0.05, 0.1) is 5.69 Å². The van der Waals surface area contributed by atoms with Crippen LogP contribution >= 0.6 is 0 Å². The summed E-state index contributed by atoms with van der Waals surface area (Å²) in [5.41, 5.74) is 5.43. The van der Waals surface area contributed by atoms with Gasteiger partial charge in [-0.1, -0.05) is 42.8 Å². The summed E-state index contributed by atoms with van der Waals surface area (Å²) in [5, 5.41) is 3.08. The Balaban J connectivity index is 1.56. The molecular weight excluding hydrogens is 401 g/mol. The Bertz CT molecular complexity index is 1060. The maximum atomic E-state index is 13.6. The first-order valence-electron chi connectivity index (χ1n) is 11.3. The lowest BCUT2D eigenvalue weighted by molar-refractivity contribution is 0.0740. The molecule has 1 N–H and O–H groups in total. The number of hydrogen-bond acceptors (Lipinski definition) is 3. The van der Waals surface area contributed by atoms with Crippen molar-refractivity contribution in [2.45, 2.75) is 45.1 Å². The van der Waals surface area contributed by atoms with Crippen molar-refractivity contribution in [1.29, 1.82) is 0 Å². The number of carbonyl (C=O) groups excluding carboxylic acids is 1. The van der Waals surface area contributed by atoms with Crippen molar-refractivity contribution in [3.63, 3.8) is 0 Å². The van der Waals surface area contributed by atoms with E-state index in [-0.39, 0.29) is 11.7 Å². The molecule has 0 spiro atoms. The Labute approximate surface area is 189 Å². The van der Waals surface area contributed by atoms with Crippen molar-refractivity contribution in [3.8, 4) is 0 Å². The van der Waals surface area contributed by atoms with Crippen molar-refractivity contribution in [1.82, 2.24) is 9.88 Å². The number of nitrogens with one attached hydrogen (secondary N) is 1. The van der Waals surface area contributed by atoms with Crippen molar-refractivity contribution < 1.29 is 9.18 Å². The molecule has 4 rings (SSSR count). The summed E-state index contributed by atoms with van der Waals surface area (Å²) in [5.74, 6) is 0.328. The molecule has 1 aliphatic rings. The summed E-state index contributed by atoms with van der Waals surface area (Å²) in [4.78, 5) is 19.9. The van der Waals surface area contributed by atoms with Gasteiger partial charge in [0.1, 0.15) is 5.82 Å². The Morgan fingerprint density at radius 2 is 1.72 bits per heavy atom. The van der Waals surface area contributed by atoms with E-state index < -0.39 is 0 Å². The summed E-state index contributed by atoms with van der Waals surface area (Å²) in [6.45, 7) is 2.91. The summed E-state index contributed by atoms with van der Waals surface area (Å²) in [6, 6.07) is 18.9. The van der Waals surface area contributed by atoms with Crippen molar-refractivity contribution in [2.75, 3.05) is 18.9 Å². The van der Waals surface area contributed by atoms with Crippen LogP contribution in [-0.2, 0) is 13.0 Å². The Hall–Kier alpha value is -3.21. The van der Waals surface area contributed by atoms with Gasteiger partial charge >= 0.3 is 0 Å². The molecular formula is C27H30FN3O. The van der Waals surface area contributed by atoms with Crippen LogP contribution in [0, 0.1) is 12.7 Å². The van der Waals surface area contributed by atoms with Gasteiger partial charge in [0, 0.05) is 25.8 Å². The SMILES string of the molecule is CNc1ccc(C)nc1C(=O)N(CCc1ccc(F)cc1)Cc1ccc(C2CCC2)cc1. The quantitative estimate of drug-likeness (QED) is 0.496. The highest BCUT2D eigenvalue weighted by Gasteiger charge is 2.22. The Kier molecular flexibility index (Phi) is 6.84. The highest BCUT2D eigenvalue weighted by atomic mass is 19.1. The Morgan fingerprint density at radius 1 is 1.03 bits per heavy atom. The third-order valence-corrected chi connectivity index (χ3v) is 6.31. The van der Waals surface area contributed by atoms with Crippen molar-refractivity contribution in [2.24, 2.45) is 0 Å². The molecule has 1 heterocycles. The van der Waals surface area contributed by atoms with Crippen LogP contribution in [-0.4, -0.2) is 29.4 Å². The third-order valence-electron chi connectivity index (χ3n) is 6.31. The van der Waals surface area contributed by atoms with Crippen LogP contribution in [0.4, 0.5) is 10.1 Å². The first kappa shape index (κ1) is 22.0. The molecule has 1 saturated carbocycles. The van der Waals surface area contributed by atoms with E-state index in [0.717, 1.165) is 16.8 Å². The number of amides is 1. The number of hydrogen-bond donors (Lipinski definition) is 1. The average Bonchev–Trinajstić information content (AvgIpc) is 2.77. The minimum absolute atomic E-state index is 0.108. The lowest BCUT2D eigenvalue weighted by Gasteiger charge is -2.27. The lowest BCUT2D eigenvalue weighted by Crippen LogP contribution is -2.33. The van der Waals surface area contributed by atoms with Crippen LogP contribution in [0.3, 0.4) is 0 Å². The van der Waals surface area contributed by atoms with Gasteiger partial charge in [-0.15, -0.1) is 0 Å². The first-order chi connectivity index (χ1) is 15.5. The fraction of sp³-hybridized carbons (Fsp3) is 0.333. The molecule has 1 aliphatic carbocycles. The summed E-state index contributed by atoms with van der Waals surface area (Å²) in [7, 11) is 1.80. The largest absolute Gasteiger partial charge is 0.386 e. The van der Waals surface area contributed by atoms with E-state index in [2.05, 4.69) is 34.6 Å². The molecule has 3 aromatic rings. The number of carbonyl (C=O) groups is 1. The van der Waals surface area contributed by atoms with E-state index in [4.69, 9.17) is 0 Å². The number of nitrogens with zero attached hydrogens (tertiary/aromatic N) is 2. The second kappa shape index (κ2) is 9.94. The Morgan fingerprint density at radius 3 is 2.34 bits per heavy atom. The zero-order chi connectivity index (χ0) is 22.5. The first-order valence-corrected chi connectivity index (χ1v) is 11.3. The maximum absolute atomic E-state index is 13.6. The van der Waals surface area contributed by atoms with Gasteiger partial charge < -0.3 is 10.2 Å². The summed E-state index contributed by atoms with van der Waals surface area (Å²) >= 11 is 0. The molecule has 1 fully saturated rings. The summed E-state index contributed by atoms with van der Waals surface area (Å²) < 4.78 is 13.3. The molecule has 0 unspecified atom stereocenters. The molecule has 0 radical (unpaired) electrons. The number of rotatable bonds is 8. The third kappa shape index (κ3) is 5.16. The monoisotopic (exact) mass is 431 g/mol. The smallest absolute Gasteiger partial charge is 0.274 e. The zero-order valence-corrected chi connectivity index (χ0v) is 18.8. The van der Waals surface area contributed by atoms with E-state index in [0.29, 0.717) is 36.8 Å². The second-order valence-corrected chi connectivity index (χ2v) is 8.57. The van der Waals surface area contributed by atoms with Crippen LogP contribution in [0.1, 0.15) is 58.1 Å². The van der Waals surface area contributed by atoms with Gasteiger partial charge in [0.15, 0.2) is 5.69 Å². The van der Waals surface area contributed by atoms with Crippen molar-refractivity contribution in [3.05, 3.63) is 94.6 Å². The fourth-order valence-electron chi connectivity index (χ4n) is 4.10. The molecule has 2 aromatic carbocycles. The van der Waals surface area contributed by atoms with Crippen LogP contribution in [0.5, 0.6) is 0 Å². The second-order valence-electron chi connectivity index (χ2n) is 8.57. The van der Waals surface area contributed by atoms with Gasteiger partial charge in [0.25, 0.3) is 5.91 Å². The molecule has 0 atom stereocenters. The number of benzene rings is 2. The molecule has 32 heavy (non-hydrogen) atoms. The number of aromatic nitrogens is 1. The van der Waals surface area contributed by atoms with E-state index in [1.165, 1.54) is 37.0 Å². The highest BCUT2D eigenvalue weighted by molar-refractivity contribution is 5.97. The maximum Gasteiger partial charge on any atom is 0.274 e. The number of halogens is 1. The minimum Gasteiger partial charge on any atom is -0.386 e. The molecule has 1 aromatic heterocycles. The highest BCUT2D eigenvalue weighted by Crippen LogP contribution is 2.36. The lowest BCUT2D eigenvalue weighted by atomic mass is 9.80. The minimum atomic E-state index is -0.254. The molecule has 5 heteroatoms. The summed E-state index contributed by atoms with van der Waals surface area (Å²) in [6.07, 6.45) is 4.50.